The molecular weight excluding hydrogens is 226 g/mol. The third kappa shape index (κ3) is 3.20. The molecule has 6 heteroatoms. The largest absolute Gasteiger partial charge is 0.378 e. The van der Waals surface area contributed by atoms with Crippen molar-refractivity contribution in [1.29, 1.82) is 0 Å². The predicted octanol–water partition coefficient (Wildman–Crippen LogP) is 1.37. The summed E-state index contributed by atoms with van der Waals surface area (Å²) in [6.07, 6.45) is 1.17. The van der Waals surface area contributed by atoms with Crippen molar-refractivity contribution in [2.75, 3.05) is 25.5 Å². The van der Waals surface area contributed by atoms with Crippen LogP contribution in [-0.2, 0) is 10.5 Å². The zero-order chi connectivity index (χ0) is 11.2. The van der Waals surface area contributed by atoms with Gasteiger partial charge in [0.15, 0.2) is 5.82 Å². The molecule has 0 bridgehead atoms. The van der Waals surface area contributed by atoms with Crippen LogP contribution < -0.4 is 5.32 Å². The Morgan fingerprint density at radius 3 is 3.25 bits per heavy atom. The summed E-state index contributed by atoms with van der Waals surface area (Å²) in [5.74, 6) is 3.38. The van der Waals surface area contributed by atoms with Crippen molar-refractivity contribution < 1.29 is 9.26 Å². The number of morpholine rings is 1. The molecule has 1 fully saturated rings. The van der Waals surface area contributed by atoms with Crippen LogP contribution in [0.1, 0.15) is 31.1 Å². The number of aromatic nitrogens is 2. The van der Waals surface area contributed by atoms with Crippen molar-refractivity contribution >= 4 is 11.8 Å². The number of thioether (sulfide) groups is 1. The fourth-order valence-corrected chi connectivity index (χ4v) is 2.23. The summed E-state index contributed by atoms with van der Waals surface area (Å²) in [5.41, 5.74) is 0. The second-order valence-electron chi connectivity index (χ2n) is 3.68. The molecule has 1 atom stereocenters. The number of hydrogen-bond acceptors (Lipinski definition) is 6. The lowest BCUT2D eigenvalue weighted by molar-refractivity contribution is 0.0659. The molecule has 0 aromatic carbocycles. The van der Waals surface area contributed by atoms with E-state index in [2.05, 4.69) is 22.4 Å². The summed E-state index contributed by atoms with van der Waals surface area (Å²) < 4.78 is 10.6. The number of ether oxygens (including phenoxy) is 1. The van der Waals surface area contributed by atoms with Gasteiger partial charge in [0, 0.05) is 6.54 Å². The number of hydrogen-bond donors (Lipinski definition) is 1. The third-order valence-corrected chi connectivity index (χ3v) is 3.44. The van der Waals surface area contributed by atoms with E-state index in [1.165, 1.54) is 6.42 Å². The van der Waals surface area contributed by atoms with Gasteiger partial charge < -0.3 is 14.6 Å². The molecule has 1 aromatic rings. The summed E-state index contributed by atoms with van der Waals surface area (Å²) in [7, 11) is 0. The van der Waals surface area contributed by atoms with Crippen LogP contribution in [0.5, 0.6) is 0 Å². The van der Waals surface area contributed by atoms with Crippen LogP contribution in [0.25, 0.3) is 0 Å². The van der Waals surface area contributed by atoms with E-state index >= 15 is 0 Å². The van der Waals surface area contributed by atoms with Crippen LogP contribution in [0.3, 0.4) is 0 Å². The first kappa shape index (κ1) is 11.9. The molecule has 0 aliphatic carbocycles. The van der Waals surface area contributed by atoms with Crippen LogP contribution in [-0.4, -0.2) is 35.7 Å². The lowest BCUT2D eigenvalue weighted by Crippen LogP contribution is -2.34. The Balaban J connectivity index is 1.85. The SMILES string of the molecule is CCCSCc1noc(C2COCCN2)n1. The first-order valence-corrected chi connectivity index (χ1v) is 6.77. The predicted molar refractivity (Wildman–Crippen MR) is 62.3 cm³/mol. The van der Waals surface area contributed by atoms with Gasteiger partial charge in [0.05, 0.1) is 19.0 Å². The topological polar surface area (TPSA) is 60.2 Å². The van der Waals surface area contributed by atoms with E-state index in [9.17, 15) is 0 Å². The smallest absolute Gasteiger partial charge is 0.246 e. The zero-order valence-electron chi connectivity index (χ0n) is 9.44. The third-order valence-electron chi connectivity index (χ3n) is 2.28. The molecule has 0 radical (unpaired) electrons. The fraction of sp³-hybridized carbons (Fsp3) is 0.800. The van der Waals surface area contributed by atoms with Crippen molar-refractivity contribution in [3.8, 4) is 0 Å². The van der Waals surface area contributed by atoms with Gasteiger partial charge in [0.25, 0.3) is 0 Å². The van der Waals surface area contributed by atoms with E-state index in [0.29, 0.717) is 12.5 Å². The minimum atomic E-state index is 0.0613. The molecule has 0 amide bonds. The highest BCUT2D eigenvalue weighted by atomic mass is 32.2. The van der Waals surface area contributed by atoms with Gasteiger partial charge in [-0.05, 0) is 12.2 Å². The monoisotopic (exact) mass is 243 g/mol. The molecule has 5 nitrogen and oxygen atoms in total. The Labute approximate surface area is 99.3 Å². The van der Waals surface area contributed by atoms with Gasteiger partial charge >= 0.3 is 0 Å². The zero-order valence-corrected chi connectivity index (χ0v) is 10.3. The van der Waals surface area contributed by atoms with Crippen molar-refractivity contribution in [2.45, 2.75) is 25.1 Å². The molecule has 0 spiro atoms. The minimum absolute atomic E-state index is 0.0613. The average Bonchev–Trinajstić information content (AvgIpc) is 2.79. The molecule has 1 aliphatic heterocycles. The second-order valence-corrected chi connectivity index (χ2v) is 4.79. The van der Waals surface area contributed by atoms with Crippen LogP contribution in [0.4, 0.5) is 0 Å². The van der Waals surface area contributed by atoms with Crippen molar-refractivity contribution in [1.82, 2.24) is 15.5 Å². The summed E-state index contributed by atoms with van der Waals surface area (Å²) in [6.45, 7) is 4.37. The van der Waals surface area contributed by atoms with Crippen molar-refractivity contribution in [3.05, 3.63) is 11.7 Å². The molecule has 2 rings (SSSR count). The maximum absolute atomic E-state index is 5.35. The summed E-state index contributed by atoms with van der Waals surface area (Å²) in [4.78, 5) is 4.36. The van der Waals surface area contributed by atoms with E-state index in [0.717, 1.165) is 30.5 Å². The molecule has 1 unspecified atom stereocenters. The summed E-state index contributed by atoms with van der Waals surface area (Å²) >= 11 is 1.83. The van der Waals surface area contributed by atoms with Gasteiger partial charge in [-0.2, -0.15) is 16.7 Å². The van der Waals surface area contributed by atoms with E-state index in [-0.39, 0.29) is 6.04 Å². The highest BCUT2D eigenvalue weighted by molar-refractivity contribution is 7.98. The molecule has 1 saturated heterocycles. The van der Waals surface area contributed by atoms with Crippen LogP contribution in [0.2, 0.25) is 0 Å². The Hall–Kier alpha value is -0.590. The van der Waals surface area contributed by atoms with Gasteiger partial charge in [-0.3, -0.25) is 0 Å². The molecule has 1 aromatic heterocycles. The van der Waals surface area contributed by atoms with Gasteiger partial charge in [0.2, 0.25) is 5.89 Å². The molecule has 16 heavy (non-hydrogen) atoms. The van der Waals surface area contributed by atoms with Crippen LogP contribution in [0.15, 0.2) is 4.52 Å². The fourth-order valence-electron chi connectivity index (χ4n) is 1.50. The van der Waals surface area contributed by atoms with Gasteiger partial charge in [-0.15, -0.1) is 0 Å². The highest BCUT2D eigenvalue weighted by Crippen LogP contribution is 2.16. The second kappa shape index (κ2) is 6.22. The molecule has 90 valence electrons. The average molecular weight is 243 g/mol. The Morgan fingerprint density at radius 2 is 2.50 bits per heavy atom. The van der Waals surface area contributed by atoms with Crippen LogP contribution in [0, 0.1) is 0 Å². The molecule has 2 heterocycles. The maximum atomic E-state index is 5.35. The lowest BCUT2D eigenvalue weighted by Gasteiger charge is -2.20. The van der Waals surface area contributed by atoms with Gasteiger partial charge in [-0.1, -0.05) is 12.1 Å². The van der Waals surface area contributed by atoms with Gasteiger partial charge in [0.1, 0.15) is 6.04 Å². The molecule has 0 saturated carbocycles. The molecular formula is C10H17N3O2S. The van der Waals surface area contributed by atoms with E-state index in [1.807, 2.05) is 11.8 Å². The number of nitrogens with zero attached hydrogens (tertiary/aromatic N) is 2. The molecule has 1 aliphatic rings. The quantitative estimate of drug-likeness (QED) is 0.788. The maximum Gasteiger partial charge on any atom is 0.246 e. The Bertz CT molecular complexity index is 313. The number of rotatable bonds is 5. The number of nitrogens with one attached hydrogen (secondary N) is 1. The first-order chi connectivity index (χ1) is 7.90. The van der Waals surface area contributed by atoms with E-state index < -0.39 is 0 Å². The van der Waals surface area contributed by atoms with E-state index in [4.69, 9.17) is 9.26 Å². The highest BCUT2D eigenvalue weighted by Gasteiger charge is 2.21. The Morgan fingerprint density at radius 1 is 1.56 bits per heavy atom. The van der Waals surface area contributed by atoms with E-state index in [1.54, 1.807) is 0 Å². The summed E-state index contributed by atoms with van der Waals surface area (Å²) in [5, 5.41) is 7.25. The van der Waals surface area contributed by atoms with Crippen LogP contribution >= 0.6 is 11.8 Å². The van der Waals surface area contributed by atoms with Crippen molar-refractivity contribution in [2.24, 2.45) is 0 Å². The Kier molecular flexibility index (Phi) is 4.62. The van der Waals surface area contributed by atoms with Crippen molar-refractivity contribution in [3.63, 3.8) is 0 Å². The minimum Gasteiger partial charge on any atom is -0.378 e. The summed E-state index contributed by atoms with van der Waals surface area (Å²) in [6, 6.07) is 0.0613. The lowest BCUT2D eigenvalue weighted by atomic mass is 10.3. The molecule has 1 N–H and O–H groups in total. The van der Waals surface area contributed by atoms with Gasteiger partial charge in [-0.25, -0.2) is 0 Å². The first-order valence-electron chi connectivity index (χ1n) is 5.61. The standard InChI is InChI=1S/C10H17N3O2S/c1-2-5-16-7-9-12-10(15-13-9)8-6-14-4-3-11-8/h8,11H,2-7H2,1H3. The normalized spacial score (nSPS) is 21.2.